The number of imidazole rings is 3. The third kappa shape index (κ3) is 1.55. The van der Waals surface area contributed by atoms with Crippen molar-refractivity contribution in [2.24, 2.45) is 0 Å². The molecule has 7 rings (SSSR count). The van der Waals surface area contributed by atoms with Crippen LogP contribution in [0.1, 0.15) is 0 Å². The molecule has 27 heavy (non-hydrogen) atoms. The first-order valence-corrected chi connectivity index (χ1v) is 8.12. The molecule has 0 aliphatic heterocycles. The highest BCUT2D eigenvalue weighted by Crippen LogP contribution is 2.32. The van der Waals surface area contributed by atoms with E-state index in [9.17, 15) is 0 Å². The van der Waals surface area contributed by atoms with E-state index in [0.717, 1.165) is 10.9 Å². The Morgan fingerprint density at radius 2 is 1.04 bits per heavy atom. The zero-order valence-electron chi connectivity index (χ0n) is 13.4. The number of hydrogen-bond acceptors (Lipinski definition) is 8. The third-order valence-corrected chi connectivity index (χ3v) is 4.64. The fourth-order valence-electron chi connectivity index (χ4n) is 3.45. The van der Waals surface area contributed by atoms with Gasteiger partial charge in [0.05, 0.1) is 24.5 Å². The number of H-pyrrole nitrogens is 3. The van der Waals surface area contributed by atoms with Gasteiger partial charge in [0.15, 0.2) is 28.2 Å². The molecule has 7 aromatic rings. The Balaban J connectivity index is 1.87. The van der Waals surface area contributed by atoms with Gasteiger partial charge in [0.25, 0.3) is 0 Å². The molecule has 0 aliphatic carbocycles. The van der Waals surface area contributed by atoms with E-state index in [1.54, 1.807) is 19.0 Å². The summed E-state index contributed by atoms with van der Waals surface area (Å²) in [6, 6.07) is 1.96. The molecule has 0 spiro atoms. The minimum atomic E-state index is 0.510. The van der Waals surface area contributed by atoms with Crippen molar-refractivity contribution in [1.82, 2.24) is 54.8 Å². The molecule has 0 saturated carbocycles. The molecular formula is C16H7N11. The van der Waals surface area contributed by atoms with Crippen LogP contribution in [0.4, 0.5) is 0 Å². The van der Waals surface area contributed by atoms with E-state index in [1.807, 2.05) is 6.07 Å². The molecule has 0 amide bonds. The number of nitrogens with zero attached hydrogens (tertiary/aromatic N) is 8. The highest BCUT2D eigenvalue weighted by molar-refractivity contribution is 6.22. The van der Waals surface area contributed by atoms with Crippen LogP contribution >= 0.6 is 0 Å². The fourth-order valence-corrected chi connectivity index (χ4v) is 3.45. The van der Waals surface area contributed by atoms with Gasteiger partial charge in [-0.05, 0) is 6.07 Å². The van der Waals surface area contributed by atoms with Gasteiger partial charge in [-0.25, -0.2) is 39.9 Å². The number of benzene rings is 1. The maximum Gasteiger partial charge on any atom is 0.197 e. The van der Waals surface area contributed by atoms with Crippen molar-refractivity contribution in [3.63, 3.8) is 0 Å². The van der Waals surface area contributed by atoms with Gasteiger partial charge in [-0.15, -0.1) is 0 Å². The molecule has 0 atom stereocenters. The summed E-state index contributed by atoms with van der Waals surface area (Å²) in [6.07, 6.45) is 4.74. The van der Waals surface area contributed by atoms with E-state index in [-0.39, 0.29) is 0 Å². The Bertz CT molecular complexity index is 1340. The van der Waals surface area contributed by atoms with Gasteiger partial charge in [-0.1, -0.05) is 0 Å². The lowest BCUT2D eigenvalue weighted by Gasteiger charge is -2.07. The van der Waals surface area contributed by atoms with Crippen molar-refractivity contribution in [3.8, 4) is 0 Å². The minimum absolute atomic E-state index is 0.510. The van der Waals surface area contributed by atoms with Crippen molar-refractivity contribution in [2.75, 3.05) is 0 Å². The molecular weight excluding hydrogens is 346 g/mol. The normalized spacial score (nSPS) is 12.4. The second-order valence-electron chi connectivity index (χ2n) is 6.15. The van der Waals surface area contributed by atoms with Crippen molar-refractivity contribution in [2.45, 2.75) is 0 Å². The number of nitrogens with one attached hydrogen (secondary N) is 3. The molecule has 0 saturated heterocycles. The summed E-state index contributed by atoms with van der Waals surface area (Å²) in [4.78, 5) is 45.2. The van der Waals surface area contributed by atoms with Crippen molar-refractivity contribution in [1.29, 1.82) is 0 Å². The van der Waals surface area contributed by atoms with Crippen LogP contribution in [0.3, 0.4) is 0 Å². The summed E-state index contributed by atoms with van der Waals surface area (Å²) in [5.74, 6) is 0. The summed E-state index contributed by atoms with van der Waals surface area (Å²) < 4.78 is 0. The van der Waals surface area contributed by atoms with Crippen LogP contribution in [0, 0.1) is 0 Å². The average Bonchev–Trinajstić information content (AvgIpc) is 3.43. The van der Waals surface area contributed by atoms with Gasteiger partial charge >= 0.3 is 0 Å². The summed E-state index contributed by atoms with van der Waals surface area (Å²) >= 11 is 0. The van der Waals surface area contributed by atoms with E-state index < -0.39 is 0 Å². The van der Waals surface area contributed by atoms with Gasteiger partial charge < -0.3 is 15.0 Å². The molecule has 1 aromatic carbocycles. The van der Waals surface area contributed by atoms with Gasteiger partial charge in [0, 0.05) is 5.39 Å². The van der Waals surface area contributed by atoms with E-state index in [1.165, 1.54) is 0 Å². The van der Waals surface area contributed by atoms with Crippen molar-refractivity contribution < 1.29 is 0 Å². The van der Waals surface area contributed by atoms with Gasteiger partial charge in [-0.3, -0.25) is 0 Å². The second kappa shape index (κ2) is 4.27. The lowest BCUT2D eigenvalue weighted by atomic mass is 10.1. The highest BCUT2D eigenvalue weighted by Gasteiger charge is 2.19. The zero-order chi connectivity index (χ0) is 17.5. The summed E-state index contributed by atoms with van der Waals surface area (Å²) in [7, 11) is 0. The molecule has 126 valence electrons. The summed E-state index contributed by atoms with van der Waals surface area (Å²) in [5, 5.41) is 0.805. The first kappa shape index (κ1) is 13.0. The lowest BCUT2D eigenvalue weighted by Crippen LogP contribution is -1.97. The van der Waals surface area contributed by atoms with Crippen LogP contribution in [-0.2, 0) is 0 Å². The molecule has 0 fully saturated rings. The first-order valence-electron chi connectivity index (χ1n) is 8.12. The molecule has 0 aliphatic rings. The second-order valence-corrected chi connectivity index (χ2v) is 6.15. The van der Waals surface area contributed by atoms with E-state index in [2.05, 4.69) is 34.9 Å². The van der Waals surface area contributed by atoms with Crippen LogP contribution in [0.5, 0.6) is 0 Å². The van der Waals surface area contributed by atoms with Gasteiger partial charge in [-0.2, -0.15) is 0 Å². The van der Waals surface area contributed by atoms with Crippen LogP contribution < -0.4 is 0 Å². The number of aromatic amines is 3. The van der Waals surface area contributed by atoms with Crippen molar-refractivity contribution in [3.05, 3.63) is 25.0 Å². The predicted octanol–water partition coefficient (Wildman–Crippen LogP) is 1.75. The van der Waals surface area contributed by atoms with E-state index in [0.29, 0.717) is 55.8 Å². The number of hydrogen-bond donors (Lipinski definition) is 3. The maximum absolute atomic E-state index is 4.70. The van der Waals surface area contributed by atoms with Crippen molar-refractivity contribution >= 4 is 66.7 Å². The highest BCUT2D eigenvalue weighted by atomic mass is 15.1. The zero-order valence-corrected chi connectivity index (χ0v) is 13.4. The standard InChI is InChI=1S/C16H7N11/c1-5-7(23-12-6(1)17-2-18-12)9-11(27-16-15(25-9)21-4-22-16)10-8(5)24-13-14(26-10)20-3-19-13/h1-4H,(H,17,18,23)(H,19,20,24,26)(H,21,22,25,27). The molecule has 0 bridgehead atoms. The van der Waals surface area contributed by atoms with Gasteiger partial charge in [0.1, 0.15) is 27.6 Å². The monoisotopic (exact) mass is 353 g/mol. The van der Waals surface area contributed by atoms with Crippen LogP contribution in [0.15, 0.2) is 25.0 Å². The SMILES string of the molecule is c1nc2nc3c(cc2[nH]1)c1nc2nc[nH]c2nc1c1nc2nc[nH]c2nc31. The quantitative estimate of drug-likeness (QED) is 0.349. The molecule has 6 heterocycles. The molecule has 6 aromatic heterocycles. The topological polar surface area (TPSA) is 150 Å². The van der Waals surface area contributed by atoms with E-state index in [4.69, 9.17) is 19.9 Å². The minimum Gasteiger partial charge on any atom is -0.343 e. The third-order valence-electron chi connectivity index (χ3n) is 4.64. The van der Waals surface area contributed by atoms with Crippen LogP contribution in [0.25, 0.3) is 66.7 Å². The molecule has 11 nitrogen and oxygen atoms in total. The number of pyridine rings is 1. The van der Waals surface area contributed by atoms with Crippen LogP contribution in [-0.4, -0.2) is 54.8 Å². The number of aromatic nitrogens is 11. The average molecular weight is 353 g/mol. The largest absolute Gasteiger partial charge is 0.343 e. The molecule has 3 N–H and O–H groups in total. The Morgan fingerprint density at radius 1 is 0.519 bits per heavy atom. The summed E-state index contributed by atoms with van der Waals surface area (Å²) in [6.45, 7) is 0. The maximum atomic E-state index is 4.70. The lowest BCUT2D eigenvalue weighted by molar-refractivity contribution is 1.30. The molecule has 0 unspecified atom stereocenters. The molecule has 0 radical (unpaired) electrons. The molecule has 11 heteroatoms. The Morgan fingerprint density at radius 3 is 1.74 bits per heavy atom. The fraction of sp³-hybridized carbons (Fsp3) is 0. The summed E-state index contributed by atoms with van der Waals surface area (Å²) in [5.41, 5.74) is 6.76. The number of fused-ring (bicyclic) bond motifs is 9. The van der Waals surface area contributed by atoms with Crippen LogP contribution in [0.2, 0.25) is 0 Å². The Hall–Kier alpha value is -4.28. The predicted molar refractivity (Wildman–Crippen MR) is 96.9 cm³/mol. The first-order chi connectivity index (χ1) is 13.3. The smallest absolute Gasteiger partial charge is 0.197 e. The van der Waals surface area contributed by atoms with E-state index >= 15 is 0 Å². The Labute approximate surface area is 147 Å². The van der Waals surface area contributed by atoms with Gasteiger partial charge in [0.2, 0.25) is 0 Å². The number of rotatable bonds is 0. The Kier molecular flexibility index (Phi) is 2.06.